The Labute approximate surface area is 118 Å². The second-order valence-corrected chi connectivity index (χ2v) is 4.83. The number of nitrogens with zero attached hydrogens (tertiary/aromatic N) is 2. The summed E-state index contributed by atoms with van der Waals surface area (Å²) in [5.74, 6) is -0.256. The molecule has 1 saturated heterocycles. The summed E-state index contributed by atoms with van der Waals surface area (Å²) < 4.78 is 0. The quantitative estimate of drug-likeness (QED) is 0.816. The van der Waals surface area contributed by atoms with Gasteiger partial charge < -0.3 is 5.32 Å². The molecule has 5 nitrogen and oxygen atoms in total. The summed E-state index contributed by atoms with van der Waals surface area (Å²) in [6.45, 7) is 2.90. The highest BCUT2D eigenvalue weighted by atomic mass is 16.2. The van der Waals surface area contributed by atoms with E-state index in [0.29, 0.717) is 18.7 Å². The molecule has 1 aromatic carbocycles. The zero-order valence-corrected chi connectivity index (χ0v) is 11.4. The second kappa shape index (κ2) is 6.31. The van der Waals surface area contributed by atoms with Crippen molar-refractivity contribution in [1.82, 2.24) is 10.2 Å². The number of nitriles is 1. The van der Waals surface area contributed by atoms with Gasteiger partial charge in [-0.15, -0.1) is 0 Å². The summed E-state index contributed by atoms with van der Waals surface area (Å²) in [7, 11) is 0. The van der Waals surface area contributed by atoms with E-state index in [-0.39, 0.29) is 18.2 Å². The van der Waals surface area contributed by atoms with Crippen molar-refractivity contribution in [1.29, 1.82) is 5.26 Å². The molecule has 0 spiro atoms. The van der Waals surface area contributed by atoms with Gasteiger partial charge in [-0.2, -0.15) is 5.26 Å². The standard InChI is InChI=1S/C15H17N3O2/c1-2-6-18-14(19)8-13(15(18)20)17-10-12-5-3-4-11(7-12)9-16/h3-5,7,13,17H,2,6,8,10H2,1H3. The summed E-state index contributed by atoms with van der Waals surface area (Å²) in [6.07, 6.45) is 0.991. The minimum absolute atomic E-state index is 0.111. The van der Waals surface area contributed by atoms with Crippen LogP contribution < -0.4 is 5.32 Å². The summed E-state index contributed by atoms with van der Waals surface area (Å²) in [5, 5.41) is 11.9. The van der Waals surface area contributed by atoms with Crippen molar-refractivity contribution < 1.29 is 9.59 Å². The molecule has 20 heavy (non-hydrogen) atoms. The largest absolute Gasteiger partial charge is 0.301 e. The van der Waals surface area contributed by atoms with Crippen LogP contribution in [0.5, 0.6) is 0 Å². The zero-order valence-electron chi connectivity index (χ0n) is 11.4. The molecular formula is C15H17N3O2. The SMILES string of the molecule is CCCN1C(=O)CC(NCc2cccc(C#N)c2)C1=O. The predicted octanol–water partition coefficient (Wildman–Crippen LogP) is 1.19. The number of hydrogen-bond acceptors (Lipinski definition) is 4. The van der Waals surface area contributed by atoms with E-state index in [1.165, 1.54) is 4.90 Å². The van der Waals surface area contributed by atoms with Gasteiger partial charge in [-0.05, 0) is 24.1 Å². The number of nitrogens with one attached hydrogen (secondary N) is 1. The van der Waals surface area contributed by atoms with Crippen molar-refractivity contribution in [3.05, 3.63) is 35.4 Å². The van der Waals surface area contributed by atoms with Crippen molar-refractivity contribution in [3.63, 3.8) is 0 Å². The lowest BCUT2D eigenvalue weighted by Gasteiger charge is -2.14. The molecule has 0 bridgehead atoms. The first-order chi connectivity index (χ1) is 9.65. The highest BCUT2D eigenvalue weighted by molar-refractivity contribution is 6.05. The predicted molar refractivity (Wildman–Crippen MR) is 73.4 cm³/mol. The third kappa shape index (κ3) is 3.03. The Hall–Kier alpha value is -2.19. The van der Waals surface area contributed by atoms with Gasteiger partial charge in [-0.1, -0.05) is 19.1 Å². The first-order valence-electron chi connectivity index (χ1n) is 6.72. The third-order valence-electron chi connectivity index (χ3n) is 3.30. The summed E-state index contributed by atoms with van der Waals surface area (Å²) in [5.41, 5.74) is 1.52. The number of hydrogen-bond donors (Lipinski definition) is 1. The van der Waals surface area contributed by atoms with Gasteiger partial charge in [-0.25, -0.2) is 0 Å². The van der Waals surface area contributed by atoms with Crippen molar-refractivity contribution >= 4 is 11.8 Å². The number of rotatable bonds is 5. The average molecular weight is 271 g/mol. The first kappa shape index (κ1) is 14.2. The molecule has 1 aliphatic heterocycles. The lowest BCUT2D eigenvalue weighted by molar-refractivity contribution is -0.138. The van der Waals surface area contributed by atoms with Crippen molar-refractivity contribution in [2.75, 3.05) is 6.54 Å². The van der Waals surface area contributed by atoms with Crippen LogP contribution in [0.1, 0.15) is 30.9 Å². The van der Waals surface area contributed by atoms with Gasteiger partial charge in [0.25, 0.3) is 0 Å². The van der Waals surface area contributed by atoms with Gasteiger partial charge in [0.2, 0.25) is 11.8 Å². The Bertz CT molecular complexity index is 562. The van der Waals surface area contributed by atoms with E-state index in [1.807, 2.05) is 13.0 Å². The van der Waals surface area contributed by atoms with Crippen LogP contribution in [0.15, 0.2) is 24.3 Å². The van der Waals surface area contributed by atoms with E-state index >= 15 is 0 Å². The van der Waals surface area contributed by atoms with Crippen LogP contribution >= 0.6 is 0 Å². The van der Waals surface area contributed by atoms with Gasteiger partial charge in [0.15, 0.2) is 0 Å². The Morgan fingerprint density at radius 2 is 2.25 bits per heavy atom. The maximum atomic E-state index is 12.0. The number of imide groups is 1. The highest BCUT2D eigenvalue weighted by Crippen LogP contribution is 2.14. The highest BCUT2D eigenvalue weighted by Gasteiger charge is 2.37. The van der Waals surface area contributed by atoms with Crippen LogP contribution in [0.2, 0.25) is 0 Å². The molecule has 104 valence electrons. The van der Waals surface area contributed by atoms with E-state index in [1.54, 1.807) is 18.2 Å². The van der Waals surface area contributed by atoms with E-state index in [0.717, 1.165) is 12.0 Å². The number of likely N-dealkylation sites (tertiary alicyclic amines) is 1. The molecule has 1 aromatic rings. The minimum Gasteiger partial charge on any atom is -0.301 e. The van der Waals surface area contributed by atoms with E-state index in [4.69, 9.17) is 5.26 Å². The number of carbonyl (C=O) groups excluding carboxylic acids is 2. The van der Waals surface area contributed by atoms with Crippen LogP contribution in [0, 0.1) is 11.3 Å². The van der Waals surface area contributed by atoms with Crippen molar-refractivity contribution in [3.8, 4) is 6.07 Å². The van der Waals surface area contributed by atoms with Crippen LogP contribution in [0.4, 0.5) is 0 Å². The van der Waals surface area contributed by atoms with Crippen LogP contribution in [-0.2, 0) is 16.1 Å². The Kier molecular flexibility index (Phi) is 4.49. The molecular weight excluding hydrogens is 254 g/mol. The zero-order chi connectivity index (χ0) is 14.5. The molecule has 1 atom stereocenters. The van der Waals surface area contributed by atoms with E-state index in [9.17, 15) is 9.59 Å². The molecule has 0 aliphatic carbocycles. The normalized spacial score (nSPS) is 18.4. The monoisotopic (exact) mass is 271 g/mol. The number of carbonyl (C=O) groups is 2. The van der Waals surface area contributed by atoms with Gasteiger partial charge in [0.05, 0.1) is 24.1 Å². The third-order valence-corrected chi connectivity index (χ3v) is 3.30. The molecule has 1 fully saturated rings. The Morgan fingerprint density at radius 1 is 1.45 bits per heavy atom. The lowest BCUT2D eigenvalue weighted by atomic mass is 10.1. The summed E-state index contributed by atoms with van der Waals surface area (Å²) in [6, 6.07) is 8.84. The fourth-order valence-electron chi connectivity index (χ4n) is 2.29. The van der Waals surface area contributed by atoms with Crippen LogP contribution in [0.3, 0.4) is 0 Å². The molecule has 0 saturated carbocycles. The van der Waals surface area contributed by atoms with Crippen molar-refractivity contribution in [2.45, 2.75) is 32.4 Å². The molecule has 1 heterocycles. The number of amides is 2. The molecule has 2 rings (SSSR count). The van der Waals surface area contributed by atoms with Gasteiger partial charge >= 0.3 is 0 Å². The van der Waals surface area contributed by atoms with Crippen molar-refractivity contribution in [2.24, 2.45) is 0 Å². The topological polar surface area (TPSA) is 73.2 Å². The average Bonchev–Trinajstić information content (AvgIpc) is 2.73. The molecule has 0 aromatic heterocycles. The Morgan fingerprint density at radius 3 is 2.95 bits per heavy atom. The van der Waals surface area contributed by atoms with E-state index < -0.39 is 6.04 Å². The van der Waals surface area contributed by atoms with Gasteiger partial charge in [0.1, 0.15) is 0 Å². The number of benzene rings is 1. The molecule has 1 aliphatic rings. The fraction of sp³-hybridized carbons (Fsp3) is 0.400. The fourth-order valence-corrected chi connectivity index (χ4v) is 2.29. The molecule has 1 N–H and O–H groups in total. The van der Waals surface area contributed by atoms with Gasteiger partial charge in [-0.3, -0.25) is 14.5 Å². The maximum Gasteiger partial charge on any atom is 0.246 e. The lowest BCUT2D eigenvalue weighted by Crippen LogP contribution is -2.38. The molecule has 0 radical (unpaired) electrons. The molecule has 5 heteroatoms. The smallest absolute Gasteiger partial charge is 0.246 e. The maximum absolute atomic E-state index is 12.0. The minimum atomic E-state index is -0.445. The van der Waals surface area contributed by atoms with Crippen LogP contribution in [-0.4, -0.2) is 29.3 Å². The van der Waals surface area contributed by atoms with Crippen LogP contribution in [0.25, 0.3) is 0 Å². The summed E-state index contributed by atoms with van der Waals surface area (Å²) >= 11 is 0. The summed E-state index contributed by atoms with van der Waals surface area (Å²) in [4.78, 5) is 25.1. The first-order valence-corrected chi connectivity index (χ1v) is 6.72. The van der Waals surface area contributed by atoms with E-state index in [2.05, 4.69) is 11.4 Å². The Balaban J connectivity index is 1.96. The molecule has 1 unspecified atom stereocenters. The second-order valence-electron chi connectivity index (χ2n) is 4.83. The molecule has 2 amide bonds. The van der Waals surface area contributed by atoms with Gasteiger partial charge in [0, 0.05) is 13.1 Å².